The highest BCUT2D eigenvalue weighted by molar-refractivity contribution is 7.09. The molecule has 0 aliphatic carbocycles. The summed E-state index contributed by atoms with van der Waals surface area (Å²) >= 11 is 1.57. The number of rotatable bonds is 5. The summed E-state index contributed by atoms with van der Waals surface area (Å²) < 4.78 is 5.55. The largest absolute Gasteiger partial charge is 0.379 e. The molecule has 2 aromatic heterocycles. The summed E-state index contributed by atoms with van der Waals surface area (Å²) in [6.45, 7) is 3.21. The molecule has 1 aliphatic heterocycles. The van der Waals surface area contributed by atoms with Crippen molar-refractivity contribution in [1.29, 1.82) is 0 Å². The van der Waals surface area contributed by atoms with E-state index in [2.05, 4.69) is 15.3 Å². The standard InChI is InChI=1S/C16H19N3O2S/c1-11-18-14(10-22-11)7-16(20)19-15-9-21-8-13(15)6-12-2-4-17-5-3-12/h2-5,10,13,15H,6-9H2,1H3,(H,19,20)/t13-,15-/m1/s1. The average Bonchev–Trinajstić information content (AvgIpc) is 3.10. The second-order valence-electron chi connectivity index (χ2n) is 5.57. The van der Waals surface area contributed by atoms with Gasteiger partial charge in [0, 0.05) is 23.7 Å². The van der Waals surface area contributed by atoms with E-state index in [4.69, 9.17) is 4.74 Å². The maximum Gasteiger partial charge on any atom is 0.226 e. The fraction of sp³-hybridized carbons (Fsp3) is 0.438. The van der Waals surface area contributed by atoms with Crippen LogP contribution in [0.25, 0.3) is 0 Å². The molecule has 116 valence electrons. The number of hydrogen-bond donors (Lipinski definition) is 1. The number of aryl methyl sites for hydroxylation is 1. The van der Waals surface area contributed by atoms with Gasteiger partial charge in [0.2, 0.25) is 5.91 Å². The van der Waals surface area contributed by atoms with Gasteiger partial charge in [0.25, 0.3) is 0 Å². The van der Waals surface area contributed by atoms with Crippen LogP contribution in [0.1, 0.15) is 16.3 Å². The Labute approximate surface area is 133 Å². The smallest absolute Gasteiger partial charge is 0.226 e. The van der Waals surface area contributed by atoms with E-state index in [0.717, 1.165) is 17.1 Å². The lowest BCUT2D eigenvalue weighted by Gasteiger charge is -2.19. The third-order valence-electron chi connectivity index (χ3n) is 3.80. The molecule has 1 amide bonds. The van der Waals surface area contributed by atoms with Crippen LogP contribution in [-0.4, -0.2) is 35.1 Å². The molecule has 0 unspecified atom stereocenters. The van der Waals surface area contributed by atoms with Gasteiger partial charge in [-0.15, -0.1) is 11.3 Å². The lowest BCUT2D eigenvalue weighted by atomic mass is 9.95. The molecular formula is C16H19N3O2S. The summed E-state index contributed by atoms with van der Waals surface area (Å²) in [6, 6.07) is 4.09. The third kappa shape index (κ3) is 3.90. The van der Waals surface area contributed by atoms with E-state index in [9.17, 15) is 4.79 Å². The summed E-state index contributed by atoms with van der Waals surface area (Å²) in [6.07, 6.45) is 4.82. The van der Waals surface area contributed by atoms with Gasteiger partial charge < -0.3 is 10.1 Å². The molecule has 0 radical (unpaired) electrons. The minimum atomic E-state index is 0.0144. The van der Waals surface area contributed by atoms with Gasteiger partial charge in [-0.05, 0) is 31.0 Å². The molecule has 0 spiro atoms. The van der Waals surface area contributed by atoms with E-state index in [0.29, 0.717) is 25.6 Å². The van der Waals surface area contributed by atoms with Gasteiger partial charge >= 0.3 is 0 Å². The Morgan fingerprint density at radius 2 is 2.23 bits per heavy atom. The average molecular weight is 317 g/mol. The normalized spacial score (nSPS) is 21.0. The van der Waals surface area contributed by atoms with E-state index >= 15 is 0 Å². The number of hydrogen-bond acceptors (Lipinski definition) is 5. The molecule has 6 heteroatoms. The fourth-order valence-corrected chi connectivity index (χ4v) is 3.31. The van der Waals surface area contributed by atoms with Crippen LogP contribution < -0.4 is 5.32 Å². The van der Waals surface area contributed by atoms with Crippen LogP contribution in [0.15, 0.2) is 29.9 Å². The third-order valence-corrected chi connectivity index (χ3v) is 4.62. The first-order valence-electron chi connectivity index (χ1n) is 7.38. The van der Waals surface area contributed by atoms with Crippen molar-refractivity contribution in [3.05, 3.63) is 46.2 Å². The minimum Gasteiger partial charge on any atom is -0.379 e. The number of carbonyl (C=O) groups is 1. The summed E-state index contributed by atoms with van der Waals surface area (Å²) in [5.74, 6) is 0.323. The summed E-state index contributed by atoms with van der Waals surface area (Å²) in [7, 11) is 0. The first kappa shape index (κ1) is 15.1. The molecule has 2 aromatic rings. The number of nitrogens with zero attached hydrogens (tertiary/aromatic N) is 2. The van der Waals surface area contributed by atoms with Crippen molar-refractivity contribution in [2.75, 3.05) is 13.2 Å². The Morgan fingerprint density at radius 3 is 2.95 bits per heavy atom. The van der Waals surface area contributed by atoms with Gasteiger partial charge in [0.05, 0.1) is 36.4 Å². The van der Waals surface area contributed by atoms with Crippen LogP contribution in [0.2, 0.25) is 0 Å². The number of nitrogens with one attached hydrogen (secondary N) is 1. The van der Waals surface area contributed by atoms with Gasteiger partial charge in [0.1, 0.15) is 0 Å². The lowest BCUT2D eigenvalue weighted by Crippen LogP contribution is -2.41. The minimum absolute atomic E-state index is 0.0144. The van der Waals surface area contributed by atoms with Crippen LogP contribution >= 0.6 is 11.3 Å². The maximum absolute atomic E-state index is 12.2. The zero-order valence-corrected chi connectivity index (χ0v) is 13.3. The maximum atomic E-state index is 12.2. The molecule has 1 saturated heterocycles. The van der Waals surface area contributed by atoms with Crippen molar-refractivity contribution in [3.63, 3.8) is 0 Å². The zero-order chi connectivity index (χ0) is 15.4. The Hall–Kier alpha value is -1.79. The topological polar surface area (TPSA) is 64.1 Å². The highest BCUT2D eigenvalue weighted by Crippen LogP contribution is 2.19. The molecule has 0 bridgehead atoms. The van der Waals surface area contributed by atoms with Gasteiger partial charge in [-0.1, -0.05) is 0 Å². The summed E-state index contributed by atoms with van der Waals surface area (Å²) in [4.78, 5) is 20.5. The molecule has 5 nitrogen and oxygen atoms in total. The molecular weight excluding hydrogens is 298 g/mol. The number of amides is 1. The van der Waals surface area contributed by atoms with E-state index in [1.165, 1.54) is 5.56 Å². The molecule has 3 heterocycles. The quantitative estimate of drug-likeness (QED) is 0.913. The van der Waals surface area contributed by atoms with Gasteiger partial charge in [-0.25, -0.2) is 4.98 Å². The molecule has 1 fully saturated rings. The predicted octanol–water partition coefficient (Wildman–Crippen LogP) is 1.76. The van der Waals surface area contributed by atoms with Crippen molar-refractivity contribution in [3.8, 4) is 0 Å². The molecule has 0 aromatic carbocycles. The first-order valence-corrected chi connectivity index (χ1v) is 8.25. The summed E-state index contributed by atoms with van der Waals surface area (Å²) in [5.41, 5.74) is 2.06. The highest BCUT2D eigenvalue weighted by atomic mass is 32.1. The Bertz CT molecular complexity index is 629. The van der Waals surface area contributed by atoms with Crippen molar-refractivity contribution in [1.82, 2.24) is 15.3 Å². The van der Waals surface area contributed by atoms with Crippen molar-refractivity contribution in [2.45, 2.75) is 25.8 Å². The molecule has 2 atom stereocenters. The second-order valence-corrected chi connectivity index (χ2v) is 6.63. The van der Waals surface area contributed by atoms with E-state index in [-0.39, 0.29) is 11.9 Å². The number of ether oxygens (including phenoxy) is 1. The van der Waals surface area contributed by atoms with Gasteiger partial charge in [0.15, 0.2) is 0 Å². The molecule has 1 aliphatic rings. The van der Waals surface area contributed by atoms with Crippen molar-refractivity contribution < 1.29 is 9.53 Å². The monoisotopic (exact) mass is 317 g/mol. The predicted molar refractivity (Wildman–Crippen MR) is 84.7 cm³/mol. The number of thiazole rings is 1. The van der Waals surface area contributed by atoms with Crippen LogP contribution in [-0.2, 0) is 22.4 Å². The van der Waals surface area contributed by atoms with E-state index < -0.39 is 0 Å². The van der Waals surface area contributed by atoms with Crippen LogP contribution in [0.4, 0.5) is 0 Å². The zero-order valence-electron chi connectivity index (χ0n) is 12.5. The fourth-order valence-electron chi connectivity index (χ4n) is 2.69. The number of aromatic nitrogens is 2. The van der Waals surface area contributed by atoms with Gasteiger partial charge in [-0.2, -0.15) is 0 Å². The first-order chi connectivity index (χ1) is 10.7. The molecule has 3 rings (SSSR count). The Morgan fingerprint density at radius 1 is 1.41 bits per heavy atom. The molecule has 0 saturated carbocycles. The van der Waals surface area contributed by atoms with Crippen LogP contribution in [0.5, 0.6) is 0 Å². The number of pyridine rings is 1. The Balaban J connectivity index is 1.55. The van der Waals surface area contributed by atoms with Crippen LogP contribution in [0.3, 0.4) is 0 Å². The molecule has 1 N–H and O–H groups in total. The van der Waals surface area contributed by atoms with E-state index in [1.807, 2.05) is 24.4 Å². The van der Waals surface area contributed by atoms with Crippen molar-refractivity contribution >= 4 is 17.2 Å². The molecule has 22 heavy (non-hydrogen) atoms. The Kier molecular flexibility index (Phi) is 4.80. The second kappa shape index (κ2) is 6.98. The number of carbonyl (C=O) groups excluding carboxylic acids is 1. The van der Waals surface area contributed by atoms with Crippen LogP contribution in [0, 0.1) is 12.8 Å². The highest BCUT2D eigenvalue weighted by Gasteiger charge is 2.29. The lowest BCUT2D eigenvalue weighted by molar-refractivity contribution is -0.121. The summed E-state index contributed by atoms with van der Waals surface area (Å²) in [5, 5.41) is 6.02. The van der Waals surface area contributed by atoms with Gasteiger partial charge in [-0.3, -0.25) is 9.78 Å². The van der Waals surface area contributed by atoms with E-state index in [1.54, 1.807) is 23.7 Å². The van der Waals surface area contributed by atoms with Crippen molar-refractivity contribution in [2.24, 2.45) is 5.92 Å². The SMILES string of the molecule is Cc1nc(CC(=O)N[C@@H]2COC[C@H]2Cc2ccncc2)cs1.